The molecule has 1 fully saturated rings. The summed E-state index contributed by atoms with van der Waals surface area (Å²) in [7, 11) is 0. The molecule has 1 N–H and O–H groups in total. The van der Waals surface area contributed by atoms with Gasteiger partial charge in [-0.1, -0.05) is 13.8 Å². The molecule has 0 radical (unpaired) electrons. The molecule has 6 nitrogen and oxygen atoms in total. The summed E-state index contributed by atoms with van der Waals surface area (Å²) < 4.78 is 11.0. The summed E-state index contributed by atoms with van der Waals surface area (Å²) in [5.74, 6) is -0.820. The number of carbonyl (C=O) groups is 2. The van der Waals surface area contributed by atoms with E-state index >= 15 is 0 Å². The number of nitrogens with zero attached hydrogens (tertiary/aromatic N) is 1. The minimum Gasteiger partial charge on any atom is -0.479 e. The van der Waals surface area contributed by atoms with Crippen LogP contribution in [0, 0.1) is 5.92 Å². The summed E-state index contributed by atoms with van der Waals surface area (Å²) >= 11 is 0. The van der Waals surface area contributed by atoms with Gasteiger partial charge in [-0.2, -0.15) is 0 Å². The molecule has 0 aromatic rings. The van der Waals surface area contributed by atoms with E-state index in [1.807, 2.05) is 13.8 Å². The van der Waals surface area contributed by atoms with Crippen LogP contribution in [0.2, 0.25) is 0 Å². The highest BCUT2D eigenvalue weighted by atomic mass is 16.6. The second-order valence-electron chi connectivity index (χ2n) is 7.37. The third-order valence-corrected chi connectivity index (χ3v) is 3.22. The van der Waals surface area contributed by atoms with E-state index in [1.165, 1.54) is 4.90 Å². The Labute approximate surface area is 126 Å². The molecule has 0 saturated carbocycles. The molecule has 1 saturated heterocycles. The molecule has 1 aliphatic rings. The van der Waals surface area contributed by atoms with Gasteiger partial charge in [0.05, 0.1) is 6.04 Å². The van der Waals surface area contributed by atoms with Crippen LogP contribution in [0.15, 0.2) is 0 Å². The maximum atomic E-state index is 12.5. The van der Waals surface area contributed by atoms with Crippen molar-refractivity contribution < 1.29 is 24.2 Å². The highest BCUT2D eigenvalue weighted by molar-refractivity contribution is 5.77. The molecule has 1 rings (SSSR count). The Morgan fingerprint density at radius 3 is 2.24 bits per heavy atom. The standard InChI is InChI=1S/C15H27NO5/c1-9(2)8-10-11(12(17)18)20-15(6,7)16(10)13(19)21-14(3,4)5/h9-11H,8H2,1-7H3,(H,17,18)/t10-,11-/m0/s1. The van der Waals surface area contributed by atoms with E-state index in [0.29, 0.717) is 6.42 Å². The zero-order valence-corrected chi connectivity index (χ0v) is 14.0. The Hall–Kier alpha value is -1.30. The Morgan fingerprint density at radius 1 is 1.33 bits per heavy atom. The molecule has 21 heavy (non-hydrogen) atoms. The van der Waals surface area contributed by atoms with E-state index in [9.17, 15) is 14.7 Å². The van der Waals surface area contributed by atoms with E-state index in [2.05, 4.69) is 0 Å². The number of rotatable bonds is 3. The van der Waals surface area contributed by atoms with E-state index in [0.717, 1.165) is 0 Å². The number of amides is 1. The van der Waals surface area contributed by atoms with Crippen molar-refractivity contribution in [3.05, 3.63) is 0 Å². The van der Waals surface area contributed by atoms with Crippen LogP contribution >= 0.6 is 0 Å². The normalized spacial score (nSPS) is 25.2. The smallest absolute Gasteiger partial charge is 0.412 e. The van der Waals surface area contributed by atoms with Crippen molar-refractivity contribution >= 4 is 12.1 Å². The molecule has 1 aliphatic heterocycles. The lowest BCUT2D eigenvalue weighted by molar-refractivity contribution is -0.155. The average Bonchev–Trinajstić information content (AvgIpc) is 2.46. The first-order chi connectivity index (χ1) is 9.35. The van der Waals surface area contributed by atoms with Crippen molar-refractivity contribution in [2.45, 2.75) is 78.4 Å². The number of ether oxygens (including phenoxy) is 2. The summed E-state index contributed by atoms with van der Waals surface area (Å²) in [4.78, 5) is 25.3. The summed E-state index contributed by atoms with van der Waals surface area (Å²) in [5, 5.41) is 9.36. The van der Waals surface area contributed by atoms with Crippen LogP contribution in [0.25, 0.3) is 0 Å². The molecule has 1 heterocycles. The summed E-state index contributed by atoms with van der Waals surface area (Å²) in [6.07, 6.45) is -1.03. The first-order valence-corrected chi connectivity index (χ1v) is 7.28. The fraction of sp³-hybridized carbons (Fsp3) is 0.867. The van der Waals surface area contributed by atoms with Crippen molar-refractivity contribution in [1.29, 1.82) is 0 Å². The van der Waals surface area contributed by atoms with E-state index in [-0.39, 0.29) is 5.92 Å². The molecule has 1 amide bonds. The molecule has 0 unspecified atom stereocenters. The van der Waals surface area contributed by atoms with Crippen LogP contribution in [0.5, 0.6) is 0 Å². The van der Waals surface area contributed by atoms with Gasteiger partial charge in [-0.25, -0.2) is 9.59 Å². The predicted octanol–water partition coefficient (Wildman–Crippen LogP) is 2.86. The predicted molar refractivity (Wildman–Crippen MR) is 77.9 cm³/mol. The van der Waals surface area contributed by atoms with Crippen LogP contribution in [-0.4, -0.2) is 45.5 Å². The van der Waals surface area contributed by atoms with Gasteiger partial charge in [0, 0.05) is 0 Å². The van der Waals surface area contributed by atoms with E-state index in [4.69, 9.17) is 9.47 Å². The highest BCUT2D eigenvalue weighted by Crippen LogP contribution is 2.36. The first-order valence-electron chi connectivity index (χ1n) is 7.28. The lowest BCUT2D eigenvalue weighted by Gasteiger charge is -2.35. The second-order valence-corrected chi connectivity index (χ2v) is 7.37. The van der Waals surface area contributed by atoms with E-state index < -0.39 is 35.5 Å². The van der Waals surface area contributed by atoms with E-state index in [1.54, 1.807) is 34.6 Å². The Morgan fingerprint density at radius 2 is 1.86 bits per heavy atom. The molecule has 2 atom stereocenters. The van der Waals surface area contributed by atoms with Gasteiger partial charge in [-0.05, 0) is 47.0 Å². The number of hydrogen-bond acceptors (Lipinski definition) is 4. The van der Waals surface area contributed by atoms with Gasteiger partial charge in [0.1, 0.15) is 11.3 Å². The largest absolute Gasteiger partial charge is 0.479 e. The summed E-state index contributed by atoms with van der Waals surface area (Å²) in [6.45, 7) is 12.7. The van der Waals surface area contributed by atoms with Crippen LogP contribution in [-0.2, 0) is 14.3 Å². The van der Waals surface area contributed by atoms with Crippen LogP contribution in [0.1, 0.15) is 54.9 Å². The fourth-order valence-corrected chi connectivity index (χ4v) is 2.57. The molecular formula is C15H27NO5. The molecule has 0 aliphatic carbocycles. The molecular weight excluding hydrogens is 274 g/mol. The van der Waals surface area contributed by atoms with Crippen molar-refractivity contribution in [2.75, 3.05) is 0 Å². The summed E-state index contributed by atoms with van der Waals surface area (Å²) in [6, 6.07) is -0.535. The zero-order chi connectivity index (χ0) is 16.6. The van der Waals surface area contributed by atoms with Gasteiger partial charge < -0.3 is 14.6 Å². The average molecular weight is 301 g/mol. The quantitative estimate of drug-likeness (QED) is 0.867. The third-order valence-electron chi connectivity index (χ3n) is 3.22. The number of carbonyl (C=O) groups excluding carboxylic acids is 1. The number of aliphatic carboxylic acids is 1. The van der Waals surface area contributed by atoms with Gasteiger partial charge in [-0.15, -0.1) is 0 Å². The molecule has 0 bridgehead atoms. The van der Waals surface area contributed by atoms with Gasteiger partial charge >= 0.3 is 12.1 Å². The topological polar surface area (TPSA) is 76.1 Å². The van der Waals surface area contributed by atoms with Crippen molar-refractivity contribution in [3.8, 4) is 0 Å². The minimum atomic E-state index is -1.06. The SMILES string of the molecule is CC(C)C[C@H]1[C@@H](C(=O)O)OC(C)(C)N1C(=O)OC(C)(C)C. The Bertz CT molecular complexity index is 411. The zero-order valence-electron chi connectivity index (χ0n) is 14.0. The second kappa shape index (κ2) is 5.83. The lowest BCUT2D eigenvalue weighted by Crippen LogP contribution is -2.51. The molecule has 0 aromatic carbocycles. The van der Waals surface area contributed by atoms with Crippen LogP contribution in [0.4, 0.5) is 4.79 Å². The molecule has 0 aromatic heterocycles. The lowest BCUT2D eigenvalue weighted by atomic mass is 9.98. The number of carboxylic acid groups (broad SMARTS) is 1. The van der Waals surface area contributed by atoms with Gasteiger partial charge in [-0.3, -0.25) is 4.90 Å². The monoisotopic (exact) mass is 301 g/mol. The maximum Gasteiger partial charge on any atom is 0.412 e. The van der Waals surface area contributed by atoms with Gasteiger partial charge in [0.15, 0.2) is 6.10 Å². The van der Waals surface area contributed by atoms with Crippen molar-refractivity contribution in [3.63, 3.8) is 0 Å². The van der Waals surface area contributed by atoms with Gasteiger partial charge in [0.2, 0.25) is 0 Å². The van der Waals surface area contributed by atoms with Crippen LogP contribution < -0.4 is 0 Å². The first kappa shape index (κ1) is 17.8. The molecule has 0 spiro atoms. The van der Waals surface area contributed by atoms with Crippen molar-refractivity contribution in [1.82, 2.24) is 4.90 Å². The number of carboxylic acids is 1. The van der Waals surface area contributed by atoms with Gasteiger partial charge in [0.25, 0.3) is 0 Å². The van der Waals surface area contributed by atoms with Crippen LogP contribution in [0.3, 0.4) is 0 Å². The molecule has 122 valence electrons. The molecule has 6 heteroatoms. The summed E-state index contributed by atoms with van der Waals surface area (Å²) in [5.41, 5.74) is -1.65. The maximum absolute atomic E-state index is 12.5. The Balaban J connectivity index is 3.10. The number of hydrogen-bond donors (Lipinski definition) is 1. The minimum absolute atomic E-state index is 0.235. The third kappa shape index (κ3) is 4.33. The highest BCUT2D eigenvalue weighted by Gasteiger charge is 2.53. The Kier molecular flexibility index (Phi) is 4.93. The fourth-order valence-electron chi connectivity index (χ4n) is 2.57. The van der Waals surface area contributed by atoms with Crippen molar-refractivity contribution in [2.24, 2.45) is 5.92 Å².